The van der Waals surface area contributed by atoms with E-state index in [2.05, 4.69) is 15.4 Å². The van der Waals surface area contributed by atoms with E-state index < -0.39 is 39.7 Å². The second kappa shape index (κ2) is 10.5. The molecule has 1 aliphatic rings. The van der Waals surface area contributed by atoms with Crippen molar-refractivity contribution in [2.75, 3.05) is 41.0 Å². The van der Waals surface area contributed by atoms with E-state index in [1.807, 2.05) is 20.8 Å². The second-order valence-corrected chi connectivity index (χ2v) is 11.1. The van der Waals surface area contributed by atoms with Crippen LogP contribution in [0.3, 0.4) is 0 Å². The third-order valence-corrected chi connectivity index (χ3v) is 6.74. The number of carbonyl (C=O) groups excluding carboxylic acids is 3. The molecule has 0 spiro atoms. The minimum atomic E-state index is -3.68. The number of carbonyl (C=O) groups is 3. The van der Waals surface area contributed by atoms with Crippen LogP contribution in [0.25, 0.3) is 0 Å². The lowest BCUT2D eigenvalue weighted by molar-refractivity contribution is -0.120. The summed E-state index contributed by atoms with van der Waals surface area (Å²) in [7, 11) is -2.22. The fourth-order valence-electron chi connectivity index (χ4n) is 3.70. The summed E-state index contributed by atoms with van der Waals surface area (Å²) in [6.07, 6.45) is 0.137. The molecular formula is C24H30N4O7S. The van der Waals surface area contributed by atoms with E-state index in [0.29, 0.717) is 22.7 Å². The number of benzene rings is 2. The van der Waals surface area contributed by atoms with Gasteiger partial charge in [0.05, 0.1) is 25.0 Å². The number of rotatable bonds is 8. The molecule has 1 heterocycles. The number of hydrogen-bond donors (Lipinski definition) is 4. The zero-order valence-corrected chi connectivity index (χ0v) is 21.4. The molecule has 0 aromatic heterocycles. The van der Waals surface area contributed by atoms with Crippen molar-refractivity contribution in [2.24, 2.45) is 0 Å². The number of anilines is 3. The average Bonchev–Trinajstić information content (AvgIpc) is 2.78. The Morgan fingerprint density at radius 3 is 2.33 bits per heavy atom. The van der Waals surface area contributed by atoms with E-state index in [9.17, 15) is 22.8 Å². The number of imide groups is 1. The van der Waals surface area contributed by atoms with Gasteiger partial charge in [-0.1, -0.05) is 20.8 Å². The third kappa shape index (κ3) is 6.32. The number of amides is 4. The molecule has 12 heteroatoms. The van der Waals surface area contributed by atoms with Gasteiger partial charge in [0.2, 0.25) is 15.9 Å². The number of ether oxygens (including phenoxy) is 1. The highest BCUT2D eigenvalue weighted by molar-refractivity contribution is 7.92. The topological polar surface area (TPSA) is 154 Å². The van der Waals surface area contributed by atoms with E-state index in [-0.39, 0.29) is 30.1 Å². The van der Waals surface area contributed by atoms with Crippen molar-refractivity contribution in [3.05, 3.63) is 47.5 Å². The lowest BCUT2D eigenvalue weighted by Gasteiger charge is -2.30. The van der Waals surface area contributed by atoms with Gasteiger partial charge in [-0.05, 0) is 41.8 Å². The van der Waals surface area contributed by atoms with Gasteiger partial charge in [-0.3, -0.25) is 24.5 Å². The summed E-state index contributed by atoms with van der Waals surface area (Å²) in [5.41, 5.74) is 1.58. The van der Waals surface area contributed by atoms with E-state index in [4.69, 9.17) is 9.84 Å². The number of nitrogens with one attached hydrogen (secondary N) is 3. The fraction of sp³-hybridized carbons (Fsp3) is 0.375. The van der Waals surface area contributed by atoms with Crippen molar-refractivity contribution < 1.29 is 32.6 Å². The van der Waals surface area contributed by atoms with Crippen molar-refractivity contribution in [1.29, 1.82) is 0 Å². The SMILES string of the molecule is COc1c(C(=O)Nc2ccc(NS(=O)(=O)CCO)cc2)cc(N2CCC(=O)NC2=O)cc1C(C)(C)C. The van der Waals surface area contributed by atoms with Gasteiger partial charge < -0.3 is 15.2 Å². The van der Waals surface area contributed by atoms with Crippen LogP contribution in [0.4, 0.5) is 21.9 Å². The first-order valence-electron chi connectivity index (χ1n) is 11.2. The Morgan fingerprint density at radius 2 is 1.78 bits per heavy atom. The summed E-state index contributed by atoms with van der Waals surface area (Å²) in [5.74, 6) is -0.936. The fourth-order valence-corrected chi connectivity index (χ4v) is 4.53. The minimum Gasteiger partial charge on any atom is -0.496 e. The molecule has 0 aliphatic carbocycles. The first-order valence-corrected chi connectivity index (χ1v) is 12.9. The minimum absolute atomic E-state index is 0.137. The van der Waals surface area contributed by atoms with Gasteiger partial charge in [0.25, 0.3) is 5.91 Å². The first-order chi connectivity index (χ1) is 16.8. The molecule has 4 N–H and O–H groups in total. The Kier molecular flexibility index (Phi) is 7.89. The molecule has 194 valence electrons. The maximum Gasteiger partial charge on any atom is 0.328 e. The molecule has 3 rings (SSSR count). The highest BCUT2D eigenvalue weighted by Gasteiger charge is 2.30. The monoisotopic (exact) mass is 518 g/mol. The van der Waals surface area contributed by atoms with Crippen LogP contribution in [-0.2, 0) is 20.2 Å². The largest absolute Gasteiger partial charge is 0.496 e. The maximum absolute atomic E-state index is 13.3. The molecule has 1 fully saturated rings. The van der Waals surface area contributed by atoms with Crippen LogP contribution in [0.1, 0.15) is 43.1 Å². The molecule has 0 radical (unpaired) electrons. The molecule has 1 saturated heterocycles. The molecule has 0 saturated carbocycles. The Hall–Kier alpha value is -3.64. The lowest BCUT2D eigenvalue weighted by Crippen LogP contribution is -2.49. The quantitative estimate of drug-likeness (QED) is 0.418. The number of nitrogens with zero attached hydrogens (tertiary/aromatic N) is 1. The number of urea groups is 1. The molecule has 11 nitrogen and oxygen atoms in total. The van der Waals surface area contributed by atoms with Gasteiger partial charge in [-0.2, -0.15) is 0 Å². The van der Waals surface area contributed by atoms with E-state index in [1.165, 1.54) is 42.3 Å². The van der Waals surface area contributed by atoms with Crippen LogP contribution in [0.15, 0.2) is 36.4 Å². The van der Waals surface area contributed by atoms with Crippen molar-refractivity contribution in [2.45, 2.75) is 32.6 Å². The van der Waals surface area contributed by atoms with Gasteiger partial charge in [-0.25, -0.2) is 13.2 Å². The van der Waals surface area contributed by atoms with Crippen molar-refractivity contribution in [3.63, 3.8) is 0 Å². The number of aliphatic hydroxyl groups is 1. The van der Waals surface area contributed by atoms with Crippen LogP contribution in [0, 0.1) is 0 Å². The number of hydrogen-bond acceptors (Lipinski definition) is 7. The highest BCUT2D eigenvalue weighted by Crippen LogP contribution is 2.38. The van der Waals surface area contributed by atoms with Crippen LogP contribution < -0.4 is 25.0 Å². The molecule has 2 aromatic rings. The summed E-state index contributed by atoms with van der Waals surface area (Å²) < 4.78 is 31.6. The third-order valence-electron chi connectivity index (χ3n) is 5.47. The zero-order chi connectivity index (χ0) is 26.7. The summed E-state index contributed by atoms with van der Waals surface area (Å²) in [5, 5.41) is 13.9. The standard InChI is InChI=1S/C24H30N4O7S/c1-24(2,3)19-14-17(28-10-9-20(30)26-23(28)32)13-18(21(19)35-4)22(31)25-15-5-7-16(8-6-15)27-36(33,34)12-11-29/h5-8,13-14,27,29H,9-12H2,1-4H3,(H,25,31)(H,26,30,32). The predicted octanol–water partition coefficient (Wildman–Crippen LogP) is 2.43. The molecular weight excluding hydrogens is 488 g/mol. The second-order valence-electron chi connectivity index (χ2n) is 9.26. The summed E-state index contributed by atoms with van der Waals surface area (Å²) in [6, 6.07) is 8.76. The van der Waals surface area contributed by atoms with Crippen LogP contribution in [-0.4, -0.2) is 57.4 Å². The van der Waals surface area contributed by atoms with Gasteiger partial charge in [0.15, 0.2) is 0 Å². The van der Waals surface area contributed by atoms with Crippen molar-refractivity contribution in [1.82, 2.24) is 5.32 Å². The summed E-state index contributed by atoms with van der Waals surface area (Å²) >= 11 is 0. The molecule has 0 unspecified atom stereocenters. The smallest absolute Gasteiger partial charge is 0.328 e. The number of methoxy groups -OCH3 is 1. The van der Waals surface area contributed by atoms with Gasteiger partial charge >= 0.3 is 6.03 Å². The van der Waals surface area contributed by atoms with E-state index in [1.54, 1.807) is 6.07 Å². The molecule has 1 aliphatic heterocycles. The normalized spacial score (nSPS) is 14.3. The summed E-state index contributed by atoms with van der Waals surface area (Å²) in [4.78, 5) is 38.8. The van der Waals surface area contributed by atoms with E-state index >= 15 is 0 Å². The first kappa shape index (κ1) is 27.0. The van der Waals surface area contributed by atoms with Crippen LogP contribution >= 0.6 is 0 Å². The van der Waals surface area contributed by atoms with Gasteiger partial charge in [0, 0.05) is 35.6 Å². The van der Waals surface area contributed by atoms with Gasteiger partial charge in [0.1, 0.15) is 5.75 Å². The Balaban J connectivity index is 1.94. The maximum atomic E-state index is 13.3. The molecule has 36 heavy (non-hydrogen) atoms. The van der Waals surface area contributed by atoms with E-state index in [0.717, 1.165) is 0 Å². The van der Waals surface area contributed by atoms with Crippen molar-refractivity contribution in [3.8, 4) is 5.75 Å². The molecule has 4 amide bonds. The number of sulfonamides is 1. The Labute approximate surface area is 209 Å². The Morgan fingerprint density at radius 1 is 1.14 bits per heavy atom. The Bertz CT molecular complexity index is 1270. The lowest BCUT2D eigenvalue weighted by atomic mass is 9.84. The summed E-state index contributed by atoms with van der Waals surface area (Å²) in [6.45, 7) is 5.53. The average molecular weight is 519 g/mol. The number of aliphatic hydroxyl groups excluding tert-OH is 1. The molecule has 0 atom stereocenters. The molecule has 2 aromatic carbocycles. The predicted molar refractivity (Wildman–Crippen MR) is 136 cm³/mol. The van der Waals surface area contributed by atoms with Gasteiger partial charge in [-0.15, -0.1) is 0 Å². The van der Waals surface area contributed by atoms with Crippen LogP contribution in [0.5, 0.6) is 5.75 Å². The highest BCUT2D eigenvalue weighted by atomic mass is 32.2. The van der Waals surface area contributed by atoms with Crippen LogP contribution in [0.2, 0.25) is 0 Å². The molecule has 0 bridgehead atoms. The van der Waals surface area contributed by atoms with Crippen molar-refractivity contribution >= 4 is 44.9 Å². The zero-order valence-electron chi connectivity index (χ0n) is 20.5.